The number of nitrogens with one attached hydrogen (secondary N) is 2. The standard InChI is InChI=1S/C13H16N4O3/c18-11-3-2-9(13(17-11)4-1-5-13)16-10-7-14-8(6-15-10)12(19)20/h6-7,9H,1-5H2,(H,15,16)(H,17,18)(H,19,20). The number of hydrogen-bond donors (Lipinski definition) is 3. The molecule has 106 valence electrons. The molecule has 2 aliphatic rings. The molecule has 1 saturated heterocycles. The van der Waals surface area contributed by atoms with Crippen molar-refractivity contribution >= 4 is 17.7 Å². The van der Waals surface area contributed by atoms with Gasteiger partial charge in [0.2, 0.25) is 5.91 Å². The van der Waals surface area contributed by atoms with E-state index in [1.54, 1.807) is 0 Å². The van der Waals surface area contributed by atoms with Gasteiger partial charge in [-0.25, -0.2) is 14.8 Å². The monoisotopic (exact) mass is 276 g/mol. The second kappa shape index (κ2) is 4.73. The number of aromatic nitrogens is 2. The maximum absolute atomic E-state index is 11.6. The minimum absolute atomic E-state index is 0.0779. The second-order valence-corrected chi connectivity index (χ2v) is 5.39. The van der Waals surface area contributed by atoms with Crippen LogP contribution in [0.4, 0.5) is 5.82 Å². The highest BCUT2D eigenvalue weighted by atomic mass is 16.4. The third-order valence-corrected chi connectivity index (χ3v) is 4.15. The smallest absolute Gasteiger partial charge is 0.356 e. The van der Waals surface area contributed by atoms with Crippen molar-refractivity contribution in [2.75, 3.05) is 5.32 Å². The summed E-state index contributed by atoms with van der Waals surface area (Å²) in [5.74, 6) is -0.443. The first-order valence-corrected chi connectivity index (χ1v) is 6.72. The maximum Gasteiger partial charge on any atom is 0.356 e. The van der Waals surface area contributed by atoms with E-state index in [0.29, 0.717) is 12.2 Å². The largest absolute Gasteiger partial charge is 0.476 e. The number of carboxylic acids is 1. The van der Waals surface area contributed by atoms with Crippen molar-refractivity contribution in [1.29, 1.82) is 0 Å². The molecule has 1 spiro atoms. The molecule has 0 radical (unpaired) electrons. The van der Waals surface area contributed by atoms with Crippen LogP contribution >= 0.6 is 0 Å². The minimum atomic E-state index is -1.09. The highest BCUT2D eigenvalue weighted by molar-refractivity contribution is 5.85. The van der Waals surface area contributed by atoms with Crippen molar-refractivity contribution in [2.45, 2.75) is 43.7 Å². The van der Waals surface area contributed by atoms with Gasteiger partial charge in [-0.05, 0) is 25.7 Å². The fourth-order valence-electron chi connectivity index (χ4n) is 2.91. The summed E-state index contributed by atoms with van der Waals surface area (Å²) in [4.78, 5) is 30.2. The van der Waals surface area contributed by atoms with E-state index in [2.05, 4.69) is 20.6 Å². The number of anilines is 1. The lowest BCUT2D eigenvalue weighted by Crippen LogP contribution is -2.66. The molecule has 7 nitrogen and oxygen atoms in total. The fourth-order valence-corrected chi connectivity index (χ4v) is 2.91. The van der Waals surface area contributed by atoms with Gasteiger partial charge in [0, 0.05) is 6.42 Å². The van der Waals surface area contributed by atoms with E-state index in [0.717, 1.165) is 25.7 Å². The SMILES string of the molecule is O=C1CCC(Nc2cnc(C(=O)O)cn2)C2(CCC2)N1. The number of carbonyl (C=O) groups is 2. The number of aromatic carboxylic acids is 1. The Morgan fingerprint density at radius 1 is 1.40 bits per heavy atom. The molecule has 20 heavy (non-hydrogen) atoms. The van der Waals surface area contributed by atoms with Gasteiger partial charge in [-0.2, -0.15) is 0 Å². The summed E-state index contributed by atoms with van der Waals surface area (Å²) in [6.45, 7) is 0. The Morgan fingerprint density at radius 2 is 2.20 bits per heavy atom. The van der Waals surface area contributed by atoms with Gasteiger partial charge in [-0.3, -0.25) is 4.79 Å². The van der Waals surface area contributed by atoms with Crippen LogP contribution in [-0.2, 0) is 4.79 Å². The fraction of sp³-hybridized carbons (Fsp3) is 0.538. The predicted octanol–water partition coefficient (Wildman–Crippen LogP) is 0.788. The van der Waals surface area contributed by atoms with E-state index in [9.17, 15) is 9.59 Å². The maximum atomic E-state index is 11.6. The normalized spacial score (nSPS) is 23.8. The summed E-state index contributed by atoms with van der Waals surface area (Å²) in [6.07, 6.45) is 6.97. The highest BCUT2D eigenvalue weighted by Crippen LogP contribution is 2.39. The van der Waals surface area contributed by atoms with Crippen LogP contribution in [-0.4, -0.2) is 38.5 Å². The van der Waals surface area contributed by atoms with Crippen molar-refractivity contribution in [1.82, 2.24) is 15.3 Å². The third-order valence-electron chi connectivity index (χ3n) is 4.15. The van der Waals surface area contributed by atoms with E-state index in [1.165, 1.54) is 12.4 Å². The summed E-state index contributed by atoms with van der Waals surface area (Å²) in [7, 11) is 0. The topological polar surface area (TPSA) is 104 Å². The lowest BCUT2D eigenvalue weighted by molar-refractivity contribution is -0.127. The lowest BCUT2D eigenvalue weighted by Gasteiger charge is -2.51. The summed E-state index contributed by atoms with van der Waals surface area (Å²) >= 11 is 0. The molecule has 3 rings (SSSR count). The number of carbonyl (C=O) groups excluding carboxylic acids is 1. The number of hydrogen-bond acceptors (Lipinski definition) is 5. The Labute approximate surface area is 115 Å². The Kier molecular flexibility index (Phi) is 3.04. The zero-order valence-electron chi connectivity index (χ0n) is 10.9. The summed E-state index contributed by atoms with van der Waals surface area (Å²) in [6, 6.07) is 0.124. The van der Waals surface area contributed by atoms with Gasteiger partial charge in [0.15, 0.2) is 5.69 Å². The van der Waals surface area contributed by atoms with Gasteiger partial charge in [-0.15, -0.1) is 0 Å². The molecule has 1 unspecified atom stereocenters. The quantitative estimate of drug-likeness (QED) is 0.754. The summed E-state index contributed by atoms with van der Waals surface area (Å²) in [5, 5.41) is 15.2. The summed E-state index contributed by atoms with van der Waals surface area (Å²) in [5.41, 5.74) is -0.242. The first kappa shape index (κ1) is 12.8. The average Bonchev–Trinajstić information content (AvgIpc) is 2.39. The minimum Gasteiger partial charge on any atom is -0.476 e. The van der Waals surface area contributed by atoms with Crippen LogP contribution in [0.25, 0.3) is 0 Å². The first-order valence-electron chi connectivity index (χ1n) is 6.72. The molecule has 7 heteroatoms. The van der Waals surface area contributed by atoms with Crippen LogP contribution in [0, 0.1) is 0 Å². The van der Waals surface area contributed by atoms with Gasteiger partial charge in [0.05, 0.1) is 24.0 Å². The molecule has 1 saturated carbocycles. The van der Waals surface area contributed by atoms with E-state index in [4.69, 9.17) is 5.11 Å². The number of nitrogens with zero attached hydrogens (tertiary/aromatic N) is 2. The molecule has 2 heterocycles. The van der Waals surface area contributed by atoms with Gasteiger partial charge < -0.3 is 15.7 Å². The van der Waals surface area contributed by atoms with E-state index in [1.807, 2.05) is 0 Å². The second-order valence-electron chi connectivity index (χ2n) is 5.39. The number of amides is 1. The van der Waals surface area contributed by atoms with Crippen LogP contribution in [0.5, 0.6) is 0 Å². The predicted molar refractivity (Wildman–Crippen MR) is 70.4 cm³/mol. The highest BCUT2D eigenvalue weighted by Gasteiger charge is 2.47. The Morgan fingerprint density at radius 3 is 2.75 bits per heavy atom. The molecule has 1 aliphatic heterocycles. The van der Waals surface area contributed by atoms with Gasteiger partial charge in [0.25, 0.3) is 0 Å². The summed E-state index contributed by atoms with van der Waals surface area (Å²) < 4.78 is 0. The zero-order chi connectivity index (χ0) is 14.2. The molecular weight excluding hydrogens is 260 g/mol. The Hall–Kier alpha value is -2.18. The molecule has 0 bridgehead atoms. The zero-order valence-corrected chi connectivity index (χ0v) is 10.9. The van der Waals surface area contributed by atoms with Crippen molar-refractivity contribution < 1.29 is 14.7 Å². The molecule has 3 N–H and O–H groups in total. The van der Waals surface area contributed by atoms with Gasteiger partial charge >= 0.3 is 5.97 Å². The van der Waals surface area contributed by atoms with Crippen LogP contribution < -0.4 is 10.6 Å². The van der Waals surface area contributed by atoms with Crippen molar-refractivity contribution in [3.63, 3.8) is 0 Å². The van der Waals surface area contributed by atoms with Crippen LogP contribution in [0.1, 0.15) is 42.6 Å². The molecule has 1 aromatic heterocycles. The van der Waals surface area contributed by atoms with Crippen LogP contribution in [0.2, 0.25) is 0 Å². The Balaban J connectivity index is 1.73. The average molecular weight is 276 g/mol. The molecule has 1 atom stereocenters. The molecule has 1 aliphatic carbocycles. The Bertz CT molecular complexity index is 539. The first-order chi connectivity index (χ1) is 9.59. The number of piperidine rings is 1. The molecule has 0 aromatic carbocycles. The number of rotatable bonds is 3. The van der Waals surface area contributed by atoms with E-state index < -0.39 is 5.97 Å². The van der Waals surface area contributed by atoms with Gasteiger partial charge in [0.1, 0.15) is 5.82 Å². The van der Waals surface area contributed by atoms with Crippen molar-refractivity contribution in [3.8, 4) is 0 Å². The van der Waals surface area contributed by atoms with Crippen molar-refractivity contribution in [3.05, 3.63) is 18.1 Å². The third kappa shape index (κ3) is 2.19. The van der Waals surface area contributed by atoms with Crippen LogP contribution in [0.15, 0.2) is 12.4 Å². The molecule has 1 aromatic rings. The molecule has 1 amide bonds. The number of carboxylic acid groups (broad SMARTS) is 1. The molecule has 2 fully saturated rings. The van der Waals surface area contributed by atoms with E-state index >= 15 is 0 Å². The van der Waals surface area contributed by atoms with Crippen molar-refractivity contribution in [2.24, 2.45) is 0 Å². The van der Waals surface area contributed by atoms with E-state index in [-0.39, 0.29) is 23.2 Å². The lowest BCUT2D eigenvalue weighted by atomic mass is 9.68. The molecular formula is C13H16N4O3. The van der Waals surface area contributed by atoms with Gasteiger partial charge in [-0.1, -0.05) is 0 Å². The van der Waals surface area contributed by atoms with Crippen LogP contribution in [0.3, 0.4) is 0 Å².